The van der Waals surface area contributed by atoms with Crippen LogP contribution in [0.2, 0.25) is 0 Å². The number of rotatable bonds is 3. The Hall–Kier alpha value is -0.530. The van der Waals surface area contributed by atoms with Crippen LogP contribution < -0.4 is 0 Å². The first-order valence-electron chi connectivity index (χ1n) is 7.47. The lowest BCUT2D eigenvalue weighted by Crippen LogP contribution is -2.25. The lowest BCUT2D eigenvalue weighted by Gasteiger charge is -2.32. The predicted octanol–water partition coefficient (Wildman–Crippen LogP) is 3.40. The summed E-state index contributed by atoms with van der Waals surface area (Å²) < 4.78 is 5.13. The monoisotopic (exact) mass is 236 g/mol. The molecule has 0 aromatic heterocycles. The van der Waals surface area contributed by atoms with Crippen LogP contribution in [0.3, 0.4) is 0 Å². The summed E-state index contributed by atoms with van der Waals surface area (Å²) in [5, 5.41) is 0. The third kappa shape index (κ3) is 2.00. The van der Waals surface area contributed by atoms with Crippen LogP contribution in [0.25, 0.3) is 0 Å². The topological polar surface area (TPSA) is 26.3 Å². The van der Waals surface area contributed by atoms with Crippen molar-refractivity contribution >= 4 is 6.47 Å². The van der Waals surface area contributed by atoms with Gasteiger partial charge >= 0.3 is 0 Å². The van der Waals surface area contributed by atoms with Crippen LogP contribution in [-0.4, -0.2) is 13.1 Å². The molecule has 3 aliphatic rings. The number of ether oxygens (including phenoxy) is 1. The van der Waals surface area contributed by atoms with E-state index in [0.29, 0.717) is 19.0 Å². The zero-order valence-electron chi connectivity index (χ0n) is 10.6. The molecule has 0 N–H and O–H groups in total. The van der Waals surface area contributed by atoms with Crippen molar-refractivity contribution in [3.63, 3.8) is 0 Å². The lowest BCUT2D eigenvalue weighted by atomic mass is 9.73. The Bertz CT molecular complexity index is 254. The van der Waals surface area contributed by atoms with Crippen LogP contribution in [0, 0.1) is 29.6 Å². The second-order valence-electron chi connectivity index (χ2n) is 6.32. The standard InChI is InChI=1S/C15H24O2/c16-10-17-9-15-13-7-3-1-5-11(13)12-6-2-4-8-14(12)15/h10-15H,1-9H2. The maximum absolute atomic E-state index is 10.5. The summed E-state index contributed by atoms with van der Waals surface area (Å²) >= 11 is 0. The average molecular weight is 236 g/mol. The molecule has 0 aromatic rings. The number of carbonyl (C=O) groups excluding carboxylic acids is 1. The van der Waals surface area contributed by atoms with Gasteiger partial charge in [-0.3, -0.25) is 4.79 Å². The second-order valence-corrected chi connectivity index (χ2v) is 6.32. The normalized spacial score (nSPS) is 44.8. The zero-order valence-corrected chi connectivity index (χ0v) is 10.6. The lowest BCUT2D eigenvalue weighted by molar-refractivity contribution is -0.131. The molecule has 17 heavy (non-hydrogen) atoms. The number of carbonyl (C=O) groups is 1. The van der Waals surface area contributed by atoms with Gasteiger partial charge in [0.25, 0.3) is 6.47 Å². The molecule has 3 aliphatic carbocycles. The Morgan fingerprint density at radius 2 is 1.29 bits per heavy atom. The van der Waals surface area contributed by atoms with Gasteiger partial charge in [0.2, 0.25) is 0 Å². The van der Waals surface area contributed by atoms with Crippen molar-refractivity contribution in [1.82, 2.24) is 0 Å². The Balaban J connectivity index is 1.77. The minimum absolute atomic E-state index is 0.647. The molecule has 0 heterocycles. The summed E-state index contributed by atoms with van der Waals surface area (Å²) in [6, 6.07) is 0. The first-order valence-corrected chi connectivity index (χ1v) is 7.47. The van der Waals surface area contributed by atoms with E-state index in [2.05, 4.69) is 0 Å². The zero-order chi connectivity index (χ0) is 11.7. The number of fused-ring (bicyclic) bond motifs is 3. The van der Waals surface area contributed by atoms with E-state index in [4.69, 9.17) is 4.74 Å². The fourth-order valence-corrected chi connectivity index (χ4v) is 5.22. The first-order chi connectivity index (χ1) is 8.42. The molecular formula is C15H24O2. The van der Waals surface area contributed by atoms with Gasteiger partial charge in [0.15, 0.2) is 0 Å². The molecule has 0 spiro atoms. The molecule has 0 radical (unpaired) electrons. The van der Waals surface area contributed by atoms with Gasteiger partial charge in [0.05, 0.1) is 6.61 Å². The van der Waals surface area contributed by atoms with Crippen molar-refractivity contribution in [2.24, 2.45) is 29.6 Å². The second kappa shape index (κ2) is 4.99. The van der Waals surface area contributed by atoms with Crippen molar-refractivity contribution in [2.45, 2.75) is 51.4 Å². The van der Waals surface area contributed by atoms with E-state index in [0.717, 1.165) is 23.7 Å². The summed E-state index contributed by atoms with van der Waals surface area (Å²) in [7, 11) is 0. The summed E-state index contributed by atoms with van der Waals surface area (Å²) in [6.07, 6.45) is 11.4. The minimum Gasteiger partial charge on any atom is -0.468 e. The molecule has 96 valence electrons. The third-order valence-corrected chi connectivity index (χ3v) is 5.76. The van der Waals surface area contributed by atoms with Crippen LogP contribution in [0.1, 0.15) is 51.4 Å². The first kappa shape index (κ1) is 11.6. The van der Waals surface area contributed by atoms with Crippen molar-refractivity contribution in [3.8, 4) is 0 Å². The van der Waals surface area contributed by atoms with E-state index in [-0.39, 0.29) is 0 Å². The summed E-state index contributed by atoms with van der Waals surface area (Å²) in [4.78, 5) is 10.5. The highest BCUT2D eigenvalue weighted by Crippen LogP contribution is 2.57. The molecule has 0 bridgehead atoms. The third-order valence-electron chi connectivity index (χ3n) is 5.76. The van der Waals surface area contributed by atoms with Crippen LogP contribution >= 0.6 is 0 Å². The van der Waals surface area contributed by atoms with Gasteiger partial charge in [0, 0.05) is 0 Å². The Kier molecular flexibility index (Phi) is 3.39. The van der Waals surface area contributed by atoms with Gasteiger partial charge in [-0.05, 0) is 55.3 Å². The predicted molar refractivity (Wildman–Crippen MR) is 66.4 cm³/mol. The van der Waals surface area contributed by atoms with E-state index >= 15 is 0 Å². The molecule has 4 atom stereocenters. The SMILES string of the molecule is O=COCC1C2CCCCC2C2CCCCC21. The molecule has 2 heteroatoms. The number of hydrogen-bond acceptors (Lipinski definition) is 2. The van der Waals surface area contributed by atoms with Gasteiger partial charge in [-0.1, -0.05) is 25.7 Å². The number of hydrogen-bond donors (Lipinski definition) is 0. The van der Waals surface area contributed by atoms with Crippen molar-refractivity contribution < 1.29 is 9.53 Å². The molecule has 0 aliphatic heterocycles. The minimum atomic E-state index is 0.647. The van der Waals surface area contributed by atoms with Gasteiger partial charge in [-0.25, -0.2) is 0 Å². The van der Waals surface area contributed by atoms with Gasteiger partial charge < -0.3 is 4.74 Å². The van der Waals surface area contributed by atoms with E-state index in [1.54, 1.807) is 0 Å². The molecule has 0 saturated heterocycles. The molecule has 4 unspecified atom stereocenters. The average Bonchev–Trinajstić information content (AvgIpc) is 2.71. The van der Waals surface area contributed by atoms with Crippen LogP contribution in [0.4, 0.5) is 0 Å². The van der Waals surface area contributed by atoms with Gasteiger partial charge in [0.1, 0.15) is 0 Å². The van der Waals surface area contributed by atoms with E-state index in [1.807, 2.05) is 0 Å². The molecule has 0 aromatic carbocycles. The quantitative estimate of drug-likeness (QED) is 0.702. The highest BCUT2D eigenvalue weighted by molar-refractivity contribution is 5.36. The fraction of sp³-hybridized carbons (Fsp3) is 0.933. The highest BCUT2D eigenvalue weighted by Gasteiger charge is 2.50. The Morgan fingerprint density at radius 1 is 0.824 bits per heavy atom. The van der Waals surface area contributed by atoms with Gasteiger partial charge in [-0.2, -0.15) is 0 Å². The Morgan fingerprint density at radius 3 is 1.76 bits per heavy atom. The maximum Gasteiger partial charge on any atom is 0.293 e. The van der Waals surface area contributed by atoms with E-state index in [9.17, 15) is 4.79 Å². The summed E-state index contributed by atoms with van der Waals surface area (Å²) in [5.41, 5.74) is 0. The molecule has 0 amide bonds. The van der Waals surface area contributed by atoms with Crippen LogP contribution in [0.5, 0.6) is 0 Å². The molecule has 3 saturated carbocycles. The summed E-state index contributed by atoms with van der Waals surface area (Å²) in [5.74, 6) is 4.37. The van der Waals surface area contributed by atoms with E-state index < -0.39 is 0 Å². The van der Waals surface area contributed by atoms with Crippen LogP contribution in [0.15, 0.2) is 0 Å². The van der Waals surface area contributed by atoms with Crippen molar-refractivity contribution in [2.75, 3.05) is 6.61 Å². The molecule has 3 fully saturated rings. The maximum atomic E-state index is 10.5. The van der Waals surface area contributed by atoms with Crippen LogP contribution in [-0.2, 0) is 9.53 Å². The molecule has 2 nitrogen and oxygen atoms in total. The summed E-state index contributed by atoms with van der Waals surface area (Å²) in [6.45, 7) is 1.35. The van der Waals surface area contributed by atoms with E-state index in [1.165, 1.54) is 51.4 Å². The molecule has 3 rings (SSSR count). The smallest absolute Gasteiger partial charge is 0.293 e. The highest BCUT2D eigenvalue weighted by atomic mass is 16.5. The molecular weight excluding hydrogens is 212 g/mol. The van der Waals surface area contributed by atoms with Gasteiger partial charge in [-0.15, -0.1) is 0 Å². The Labute approximate surface area is 104 Å². The van der Waals surface area contributed by atoms with Crippen molar-refractivity contribution in [3.05, 3.63) is 0 Å². The van der Waals surface area contributed by atoms with Crippen molar-refractivity contribution in [1.29, 1.82) is 0 Å². The largest absolute Gasteiger partial charge is 0.468 e. The fourth-order valence-electron chi connectivity index (χ4n) is 5.22.